The van der Waals surface area contributed by atoms with Gasteiger partial charge in [-0.2, -0.15) is 0 Å². The Morgan fingerprint density at radius 1 is 1.12 bits per heavy atom. The summed E-state index contributed by atoms with van der Waals surface area (Å²) in [5.41, 5.74) is 0. The molecule has 0 spiro atoms. The van der Waals surface area contributed by atoms with Gasteiger partial charge in [-0.05, 0) is 32.7 Å². The highest BCUT2D eigenvalue weighted by atomic mass is 16.2. The van der Waals surface area contributed by atoms with Crippen LogP contribution in [0.3, 0.4) is 0 Å². The van der Waals surface area contributed by atoms with Crippen LogP contribution in [0.2, 0.25) is 0 Å². The fourth-order valence-corrected chi connectivity index (χ4v) is 1.89. The van der Waals surface area contributed by atoms with Gasteiger partial charge in [0.15, 0.2) is 0 Å². The Hall–Kier alpha value is -0.570. The molecule has 2 unspecified atom stereocenters. The van der Waals surface area contributed by atoms with Crippen LogP contribution in [0.25, 0.3) is 0 Å². The van der Waals surface area contributed by atoms with Gasteiger partial charge in [-0.3, -0.25) is 4.79 Å². The summed E-state index contributed by atoms with van der Waals surface area (Å²) in [6.07, 6.45) is 4.50. The van der Waals surface area contributed by atoms with Crippen LogP contribution < -0.4 is 10.6 Å². The number of carbonyl (C=O) groups excluding carboxylic acids is 1. The van der Waals surface area contributed by atoms with Crippen LogP contribution in [0.15, 0.2) is 0 Å². The van der Waals surface area contributed by atoms with E-state index in [1.165, 1.54) is 12.8 Å². The molecule has 0 bridgehead atoms. The van der Waals surface area contributed by atoms with Crippen molar-refractivity contribution in [3.63, 3.8) is 0 Å². The third kappa shape index (κ3) is 7.37. The van der Waals surface area contributed by atoms with Gasteiger partial charge in [-0.15, -0.1) is 0 Å². The third-order valence-electron chi connectivity index (χ3n) is 3.37. The zero-order chi connectivity index (χ0) is 13.3. The first-order valence-corrected chi connectivity index (χ1v) is 7.08. The minimum Gasteiger partial charge on any atom is -0.352 e. The van der Waals surface area contributed by atoms with Gasteiger partial charge in [0.05, 0.1) is 6.04 Å². The molecule has 0 rings (SSSR count). The predicted molar refractivity (Wildman–Crippen MR) is 74.0 cm³/mol. The van der Waals surface area contributed by atoms with Gasteiger partial charge in [0.25, 0.3) is 0 Å². The quantitative estimate of drug-likeness (QED) is 0.653. The van der Waals surface area contributed by atoms with Gasteiger partial charge < -0.3 is 10.6 Å². The van der Waals surface area contributed by atoms with Crippen LogP contribution in [-0.2, 0) is 4.79 Å². The normalized spacial score (nSPS) is 14.7. The van der Waals surface area contributed by atoms with E-state index in [0.29, 0.717) is 5.92 Å². The molecule has 0 aliphatic carbocycles. The molecule has 0 saturated carbocycles. The summed E-state index contributed by atoms with van der Waals surface area (Å²) in [6, 6.07) is 0.194. The Kier molecular flexibility index (Phi) is 9.14. The predicted octanol–water partition coefficient (Wildman–Crippen LogP) is 2.71. The van der Waals surface area contributed by atoms with E-state index in [4.69, 9.17) is 0 Å². The second-order valence-electron chi connectivity index (χ2n) is 5.01. The van der Waals surface area contributed by atoms with Crippen molar-refractivity contribution >= 4 is 5.91 Å². The van der Waals surface area contributed by atoms with Gasteiger partial charge in [0, 0.05) is 6.04 Å². The number of carbonyl (C=O) groups is 1. The van der Waals surface area contributed by atoms with Crippen molar-refractivity contribution in [3.8, 4) is 0 Å². The zero-order valence-electron chi connectivity index (χ0n) is 12.2. The Morgan fingerprint density at radius 3 is 2.18 bits per heavy atom. The molecule has 0 aromatic rings. The Morgan fingerprint density at radius 2 is 1.71 bits per heavy atom. The minimum absolute atomic E-state index is 0.0880. The van der Waals surface area contributed by atoms with Crippen molar-refractivity contribution in [2.75, 3.05) is 6.54 Å². The SMILES string of the molecule is CCCC(C)NC(=O)C(C)NCC(CC)CC. The van der Waals surface area contributed by atoms with Gasteiger partial charge in [-0.25, -0.2) is 0 Å². The summed E-state index contributed by atoms with van der Waals surface area (Å²) in [5.74, 6) is 0.801. The third-order valence-corrected chi connectivity index (χ3v) is 3.37. The number of hydrogen-bond acceptors (Lipinski definition) is 2. The van der Waals surface area contributed by atoms with Crippen molar-refractivity contribution in [3.05, 3.63) is 0 Å². The molecule has 0 fully saturated rings. The maximum absolute atomic E-state index is 11.8. The van der Waals surface area contributed by atoms with E-state index in [2.05, 4.69) is 38.3 Å². The molecule has 17 heavy (non-hydrogen) atoms. The molecular weight excluding hydrogens is 212 g/mol. The molecule has 0 aliphatic heterocycles. The fourth-order valence-electron chi connectivity index (χ4n) is 1.89. The summed E-state index contributed by atoms with van der Waals surface area (Å²) in [5, 5.41) is 6.36. The van der Waals surface area contributed by atoms with Gasteiger partial charge in [-0.1, -0.05) is 40.0 Å². The number of amides is 1. The van der Waals surface area contributed by atoms with Crippen LogP contribution in [0, 0.1) is 5.92 Å². The van der Waals surface area contributed by atoms with E-state index in [1.54, 1.807) is 0 Å². The van der Waals surface area contributed by atoms with Crippen molar-refractivity contribution in [1.82, 2.24) is 10.6 Å². The van der Waals surface area contributed by atoms with Crippen molar-refractivity contribution in [2.24, 2.45) is 5.92 Å². The topological polar surface area (TPSA) is 41.1 Å². The van der Waals surface area contributed by atoms with Crippen LogP contribution in [0.5, 0.6) is 0 Å². The highest BCUT2D eigenvalue weighted by Crippen LogP contribution is 2.05. The zero-order valence-corrected chi connectivity index (χ0v) is 12.2. The summed E-state index contributed by atoms with van der Waals surface area (Å²) in [6.45, 7) is 11.5. The molecular formula is C14H30N2O. The van der Waals surface area contributed by atoms with Crippen LogP contribution in [0.4, 0.5) is 0 Å². The maximum Gasteiger partial charge on any atom is 0.237 e. The molecule has 102 valence electrons. The molecule has 0 aromatic heterocycles. The number of rotatable bonds is 9. The first kappa shape index (κ1) is 16.4. The Balaban J connectivity index is 3.88. The van der Waals surface area contributed by atoms with E-state index < -0.39 is 0 Å². The molecule has 3 nitrogen and oxygen atoms in total. The summed E-state index contributed by atoms with van der Waals surface area (Å²) < 4.78 is 0. The number of hydrogen-bond donors (Lipinski definition) is 2. The fraction of sp³-hybridized carbons (Fsp3) is 0.929. The van der Waals surface area contributed by atoms with Crippen molar-refractivity contribution < 1.29 is 4.79 Å². The second-order valence-corrected chi connectivity index (χ2v) is 5.01. The molecule has 0 aliphatic rings. The molecule has 2 N–H and O–H groups in total. The lowest BCUT2D eigenvalue weighted by Gasteiger charge is -2.20. The van der Waals surface area contributed by atoms with Gasteiger partial charge in [0.2, 0.25) is 5.91 Å². The van der Waals surface area contributed by atoms with E-state index in [-0.39, 0.29) is 18.0 Å². The van der Waals surface area contributed by atoms with Gasteiger partial charge >= 0.3 is 0 Å². The molecule has 0 saturated heterocycles. The van der Waals surface area contributed by atoms with E-state index >= 15 is 0 Å². The van der Waals surface area contributed by atoms with Crippen molar-refractivity contribution in [1.29, 1.82) is 0 Å². The Bertz CT molecular complexity index is 202. The summed E-state index contributed by atoms with van der Waals surface area (Å²) >= 11 is 0. The monoisotopic (exact) mass is 242 g/mol. The van der Waals surface area contributed by atoms with E-state index in [1.807, 2.05) is 6.92 Å². The van der Waals surface area contributed by atoms with Crippen LogP contribution in [0.1, 0.15) is 60.3 Å². The maximum atomic E-state index is 11.8. The van der Waals surface area contributed by atoms with E-state index in [9.17, 15) is 4.79 Å². The van der Waals surface area contributed by atoms with Crippen LogP contribution >= 0.6 is 0 Å². The van der Waals surface area contributed by atoms with Gasteiger partial charge in [0.1, 0.15) is 0 Å². The average Bonchev–Trinajstić information content (AvgIpc) is 2.30. The molecule has 0 aromatic carbocycles. The summed E-state index contributed by atoms with van der Waals surface area (Å²) in [7, 11) is 0. The standard InChI is InChI=1S/C14H30N2O/c1-6-9-11(4)16-14(17)12(5)15-10-13(7-2)8-3/h11-13,15H,6-10H2,1-5H3,(H,16,17). The first-order valence-electron chi connectivity index (χ1n) is 7.08. The van der Waals surface area contributed by atoms with Crippen molar-refractivity contribution in [2.45, 2.75) is 72.4 Å². The first-order chi connectivity index (χ1) is 8.04. The molecule has 2 atom stereocenters. The lowest BCUT2D eigenvalue weighted by molar-refractivity contribution is -0.123. The lowest BCUT2D eigenvalue weighted by atomic mass is 10.0. The molecule has 3 heteroatoms. The molecule has 0 heterocycles. The highest BCUT2D eigenvalue weighted by molar-refractivity contribution is 5.81. The average molecular weight is 242 g/mol. The lowest BCUT2D eigenvalue weighted by Crippen LogP contribution is -2.46. The van der Waals surface area contributed by atoms with E-state index in [0.717, 1.165) is 19.4 Å². The highest BCUT2D eigenvalue weighted by Gasteiger charge is 2.15. The second kappa shape index (κ2) is 9.46. The largest absolute Gasteiger partial charge is 0.352 e. The smallest absolute Gasteiger partial charge is 0.237 e. The Labute approximate surface area is 107 Å². The molecule has 1 amide bonds. The summed E-state index contributed by atoms with van der Waals surface area (Å²) in [4.78, 5) is 11.8. The van der Waals surface area contributed by atoms with Crippen LogP contribution in [-0.4, -0.2) is 24.5 Å². The number of nitrogens with one attached hydrogen (secondary N) is 2. The minimum atomic E-state index is -0.0880. The molecule has 0 radical (unpaired) electrons.